The molecule has 1 amide bonds. The highest BCUT2D eigenvalue weighted by molar-refractivity contribution is 7.53. The Morgan fingerprint density at radius 1 is 0.944 bits per heavy atom. The molecular weight excluding hydrogens is 467 g/mol. The molecule has 7 heteroatoms. The van der Waals surface area contributed by atoms with Crippen molar-refractivity contribution in [1.29, 1.82) is 0 Å². The first kappa shape index (κ1) is 24.2. The van der Waals surface area contributed by atoms with Crippen molar-refractivity contribution in [1.82, 2.24) is 14.8 Å². The van der Waals surface area contributed by atoms with E-state index in [1.165, 1.54) is 11.1 Å². The average Bonchev–Trinajstić information content (AvgIpc) is 2.91. The number of carbonyl (C=O) groups is 1. The molecule has 1 aromatic heterocycles. The van der Waals surface area contributed by atoms with Crippen molar-refractivity contribution in [2.75, 3.05) is 37.9 Å². The van der Waals surface area contributed by atoms with Crippen LogP contribution in [0.2, 0.25) is 0 Å². The molecule has 36 heavy (non-hydrogen) atoms. The molecule has 2 heterocycles. The van der Waals surface area contributed by atoms with Crippen LogP contribution in [-0.4, -0.2) is 53.5 Å². The smallest absolute Gasteiger partial charge is 0.253 e. The van der Waals surface area contributed by atoms with Gasteiger partial charge in [-0.05, 0) is 54.4 Å². The minimum Gasteiger partial charge on any atom is -0.451 e. The molecule has 1 aliphatic rings. The van der Waals surface area contributed by atoms with E-state index in [9.17, 15) is 4.79 Å². The van der Waals surface area contributed by atoms with Crippen molar-refractivity contribution in [3.63, 3.8) is 0 Å². The Morgan fingerprint density at radius 2 is 1.69 bits per heavy atom. The van der Waals surface area contributed by atoms with Gasteiger partial charge >= 0.3 is 0 Å². The highest BCUT2D eigenvalue weighted by Gasteiger charge is 2.22. The number of hydrogen-bond donors (Lipinski definition) is 1. The molecule has 4 aromatic rings. The van der Waals surface area contributed by atoms with Crippen LogP contribution in [0.4, 0.5) is 5.69 Å². The monoisotopic (exact) mass is 498 g/mol. The van der Waals surface area contributed by atoms with Gasteiger partial charge in [-0.1, -0.05) is 42.5 Å². The summed E-state index contributed by atoms with van der Waals surface area (Å²) in [4.78, 5) is 21.9. The van der Waals surface area contributed by atoms with Crippen molar-refractivity contribution in [2.24, 2.45) is 0 Å². The van der Waals surface area contributed by atoms with Gasteiger partial charge in [0, 0.05) is 62.2 Å². The van der Waals surface area contributed by atoms with Crippen molar-refractivity contribution in [3.8, 4) is 5.75 Å². The number of hydrogen-bond acceptors (Lipinski definition) is 5. The number of nitrogens with zero attached hydrogens (tertiary/aromatic N) is 3. The minimum absolute atomic E-state index is 0.0916. The lowest BCUT2D eigenvalue weighted by atomic mass is 10.1. The molecule has 3 aromatic carbocycles. The molecule has 0 saturated carbocycles. The third kappa shape index (κ3) is 5.67. The average molecular weight is 499 g/mol. The van der Waals surface area contributed by atoms with Crippen LogP contribution >= 0.6 is 8.30 Å². The Labute approximate surface area is 213 Å². The van der Waals surface area contributed by atoms with E-state index in [2.05, 4.69) is 46.2 Å². The summed E-state index contributed by atoms with van der Waals surface area (Å²) in [7, 11) is -0.963. The molecule has 1 N–H and O–H groups in total. The lowest BCUT2D eigenvalue weighted by molar-refractivity contribution is 0.0628. The Kier molecular flexibility index (Phi) is 7.45. The van der Waals surface area contributed by atoms with E-state index in [-0.39, 0.29) is 5.91 Å². The van der Waals surface area contributed by atoms with E-state index in [0.29, 0.717) is 5.56 Å². The van der Waals surface area contributed by atoms with E-state index < -0.39 is 8.30 Å². The van der Waals surface area contributed by atoms with Crippen LogP contribution < -0.4 is 9.61 Å². The van der Waals surface area contributed by atoms with Crippen molar-refractivity contribution < 1.29 is 9.32 Å². The molecule has 1 aliphatic heterocycles. The minimum atomic E-state index is -0.963. The summed E-state index contributed by atoms with van der Waals surface area (Å²) in [6.45, 7) is 8.39. The Morgan fingerprint density at radius 3 is 2.47 bits per heavy atom. The molecule has 5 rings (SSSR count). The number of benzene rings is 3. The zero-order chi connectivity index (χ0) is 24.9. The Hall–Kier alpha value is -3.47. The van der Waals surface area contributed by atoms with Gasteiger partial charge in [-0.2, -0.15) is 0 Å². The van der Waals surface area contributed by atoms with Gasteiger partial charge in [0.25, 0.3) is 5.91 Å². The van der Waals surface area contributed by atoms with Gasteiger partial charge in [-0.15, -0.1) is 0 Å². The van der Waals surface area contributed by atoms with Crippen LogP contribution in [-0.2, 0) is 6.54 Å². The van der Waals surface area contributed by atoms with Gasteiger partial charge in [0.1, 0.15) is 5.52 Å². The number of pyridine rings is 1. The molecule has 0 aliphatic carbocycles. The maximum absolute atomic E-state index is 13.1. The number of piperazine rings is 1. The standard InChI is InChI=1S/C29H31N4O2P/c1-22-7-3-4-8-25(22)21-32-17-19-33(20-18-32)29(34)24-12-14-26(15-13-24)31-36(2)35-27-11-5-9-23-10-6-16-30-28(23)27/h3-16,31H,17-21H2,1-2H3. The zero-order valence-electron chi connectivity index (χ0n) is 20.7. The Balaban J connectivity index is 1.14. The lowest BCUT2D eigenvalue weighted by Crippen LogP contribution is -2.48. The van der Waals surface area contributed by atoms with Crippen LogP contribution in [0.15, 0.2) is 85.1 Å². The van der Waals surface area contributed by atoms with Gasteiger partial charge in [-0.25, -0.2) is 0 Å². The maximum Gasteiger partial charge on any atom is 0.253 e. The fourth-order valence-electron chi connectivity index (χ4n) is 4.51. The maximum atomic E-state index is 13.1. The number of amides is 1. The van der Waals surface area contributed by atoms with Crippen molar-refractivity contribution in [2.45, 2.75) is 13.5 Å². The van der Waals surface area contributed by atoms with Gasteiger partial charge in [0.05, 0.1) is 0 Å². The number of aromatic nitrogens is 1. The van der Waals surface area contributed by atoms with Crippen LogP contribution in [0.25, 0.3) is 10.9 Å². The van der Waals surface area contributed by atoms with Gasteiger partial charge in [0.2, 0.25) is 0 Å². The van der Waals surface area contributed by atoms with E-state index in [4.69, 9.17) is 4.52 Å². The van der Waals surface area contributed by atoms with E-state index in [0.717, 1.165) is 55.1 Å². The second-order valence-corrected chi connectivity index (χ2v) is 10.5. The van der Waals surface area contributed by atoms with E-state index >= 15 is 0 Å². The van der Waals surface area contributed by atoms with Gasteiger partial charge < -0.3 is 14.5 Å². The lowest BCUT2D eigenvalue weighted by Gasteiger charge is -2.35. The molecule has 1 atom stereocenters. The number of fused-ring (bicyclic) bond motifs is 1. The molecule has 6 nitrogen and oxygen atoms in total. The summed E-state index contributed by atoms with van der Waals surface area (Å²) in [5, 5.41) is 4.47. The number of anilines is 1. The number of para-hydroxylation sites is 1. The molecule has 1 saturated heterocycles. The first-order valence-corrected chi connectivity index (χ1v) is 14.0. The third-order valence-electron chi connectivity index (χ3n) is 6.56. The summed E-state index contributed by atoms with van der Waals surface area (Å²) in [5.74, 6) is 0.858. The number of rotatable bonds is 7. The number of nitrogens with one attached hydrogen (secondary N) is 1. The fraction of sp³-hybridized carbons (Fsp3) is 0.241. The Bertz CT molecular complexity index is 1330. The summed E-state index contributed by atoms with van der Waals surface area (Å²) < 4.78 is 6.18. The third-order valence-corrected chi connectivity index (χ3v) is 7.61. The first-order chi connectivity index (χ1) is 17.6. The quantitative estimate of drug-likeness (QED) is 0.320. The second kappa shape index (κ2) is 11.1. The van der Waals surface area contributed by atoms with Crippen molar-refractivity contribution in [3.05, 3.63) is 102 Å². The summed E-state index contributed by atoms with van der Waals surface area (Å²) in [5.41, 5.74) is 5.18. The zero-order valence-corrected chi connectivity index (χ0v) is 21.6. The molecule has 0 bridgehead atoms. The SMILES string of the molecule is Cc1ccccc1CN1CCN(C(=O)c2ccc(NP(C)Oc3cccc4cccnc34)cc2)CC1. The second-order valence-electron chi connectivity index (χ2n) is 9.10. The van der Waals surface area contributed by atoms with Crippen LogP contribution in [0.5, 0.6) is 5.75 Å². The number of carbonyl (C=O) groups excluding carboxylic acids is 1. The molecule has 184 valence electrons. The van der Waals surface area contributed by atoms with Gasteiger partial charge in [0.15, 0.2) is 14.0 Å². The molecule has 0 radical (unpaired) electrons. The van der Waals surface area contributed by atoms with Crippen LogP contribution in [0, 0.1) is 6.92 Å². The highest BCUT2D eigenvalue weighted by atomic mass is 31.2. The van der Waals surface area contributed by atoms with Gasteiger partial charge in [-0.3, -0.25) is 14.7 Å². The molecule has 0 spiro atoms. The fourth-order valence-corrected chi connectivity index (χ4v) is 5.51. The van der Waals surface area contributed by atoms with E-state index in [1.54, 1.807) is 6.20 Å². The summed E-state index contributed by atoms with van der Waals surface area (Å²) in [6, 6.07) is 26.1. The predicted molar refractivity (Wildman–Crippen MR) is 148 cm³/mol. The van der Waals surface area contributed by atoms with Crippen molar-refractivity contribution >= 4 is 30.8 Å². The van der Waals surface area contributed by atoms with Crippen LogP contribution in [0.1, 0.15) is 21.5 Å². The molecular formula is C29H31N4O2P. The summed E-state index contributed by atoms with van der Waals surface area (Å²) in [6.07, 6.45) is 1.78. The topological polar surface area (TPSA) is 57.7 Å². The highest BCUT2D eigenvalue weighted by Crippen LogP contribution is 2.37. The van der Waals surface area contributed by atoms with Crippen LogP contribution in [0.3, 0.4) is 0 Å². The molecule has 1 unspecified atom stereocenters. The van der Waals surface area contributed by atoms with E-state index in [1.807, 2.05) is 66.2 Å². The largest absolute Gasteiger partial charge is 0.451 e. The predicted octanol–water partition coefficient (Wildman–Crippen LogP) is 5.93. The summed E-state index contributed by atoms with van der Waals surface area (Å²) >= 11 is 0. The molecule has 1 fully saturated rings. The number of aryl methyl sites for hydroxylation is 1. The normalized spacial score (nSPS) is 15.0. The first-order valence-electron chi connectivity index (χ1n) is 12.2.